The van der Waals surface area contributed by atoms with Gasteiger partial charge in [0.1, 0.15) is 0 Å². The van der Waals surface area contributed by atoms with Crippen molar-refractivity contribution in [1.29, 1.82) is 0 Å². The van der Waals surface area contributed by atoms with Crippen LogP contribution in [0.5, 0.6) is 0 Å². The van der Waals surface area contributed by atoms with Crippen LogP contribution < -0.4 is 5.23 Å². The summed E-state index contributed by atoms with van der Waals surface area (Å²) < 4.78 is 0. The maximum absolute atomic E-state index is 3.00. The molecule has 0 spiro atoms. The molecule has 47 valence electrons. The lowest BCUT2D eigenvalue weighted by atomic mass is 9.87. The molecule has 0 saturated carbocycles. The van der Waals surface area contributed by atoms with E-state index in [-0.39, 0.29) is 0 Å². The van der Waals surface area contributed by atoms with Crippen molar-refractivity contribution in [3.8, 4) is 0 Å². The van der Waals surface area contributed by atoms with Gasteiger partial charge in [0.05, 0.1) is 0 Å². The van der Waals surface area contributed by atoms with Crippen LogP contribution >= 0.6 is 0 Å². The highest BCUT2D eigenvalue weighted by Gasteiger charge is 1.85. The number of unbranched alkanes of at least 4 members (excludes halogenated alkanes) is 2. The lowest BCUT2D eigenvalue weighted by Crippen LogP contribution is -2.11. The number of rotatable bonds is 5. The summed E-state index contributed by atoms with van der Waals surface area (Å²) in [5, 5.41) is 3.00. The summed E-state index contributed by atoms with van der Waals surface area (Å²) in [6, 6.07) is 0. The quantitative estimate of drug-likeness (QED) is 0.419. The summed E-state index contributed by atoms with van der Waals surface area (Å²) in [6.07, 6.45) is 5.22. The van der Waals surface area contributed by atoms with Crippen LogP contribution in [0.1, 0.15) is 26.2 Å². The fourth-order valence-corrected chi connectivity index (χ4v) is 0.641. The van der Waals surface area contributed by atoms with Crippen LogP contribution in [-0.4, -0.2) is 14.5 Å². The minimum absolute atomic E-state index is 1.21. The van der Waals surface area contributed by atoms with Gasteiger partial charge in [-0.25, -0.2) is 0 Å². The Kier molecular flexibility index (Phi) is 7.05. The highest BCUT2D eigenvalue weighted by molar-refractivity contribution is 6.31. The Bertz CT molecular complexity index is 33.5. The van der Waals surface area contributed by atoms with E-state index in [0.717, 1.165) is 0 Å². The van der Waals surface area contributed by atoms with Crippen LogP contribution in [0.25, 0.3) is 0 Å². The van der Waals surface area contributed by atoms with Gasteiger partial charge in [-0.1, -0.05) is 32.5 Å². The van der Waals surface area contributed by atoms with E-state index < -0.39 is 0 Å². The highest BCUT2D eigenvalue weighted by atomic mass is 14.7. The molecule has 0 amide bonds. The molecule has 1 radical (unpaired) electrons. The Labute approximate surface area is 53.1 Å². The lowest BCUT2D eigenvalue weighted by molar-refractivity contribution is 0.766. The van der Waals surface area contributed by atoms with Gasteiger partial charge in [0, 0.05) is 0 Å². The summed E-state index contributed by atoms with van der Waals surface area (Å²) >= 11 is 0. The third kappa shape index (κ3) is 6.02. The molecule has 0 aromatic heterocycles. The summed E-state index contributed by atoms with van der Waals surface area (Å²) in [7, 11) is 4.06. The first-order valence-electron chi connectivity index (χ1n) is 3.40. The number of hydrogen-bond donors (Lipinski definition) is 1. The first-order valence-corrected chi connectivity index (χ1v) is 3.40. The topological polar surface area (TPSA) is 12.0 Å². The van der Waals surface area contributed by atoms with Crippen LogP contribution in [0, 0.1) is 0 Å². The largest absolute Gasteiger partial charge is 0.363 e. The molecular formula is C6H15BN. The van der Waals surface area contributed by atoms with Crippen molar-refractivity contribution < 1.29 is 0 Å². The van der Waals surface area contributed by atoms with Crippen LogP contribution in [0.15, 0.2) is 0 Å². The molecule has 0 saturated heterocycles. The minimum Gasteiger partial charge on any atom is -0.363 e. The lowest BCUT2D eigenvalue weighted by Gasteiger charge is -1.93. The molecule has 0 aliphatic heterocycles. The number of nitrogens with one attached hydrogen (secondary N) is 1. The third-order valence-corrected chi connectivity index (χ3v) is 1.16. The smallest absolute Gasteiger partial charge is 0.205 e. The van der Waals surface area contributed by atoms with Gasteiger partial charge in [-0.15, -0.1) is 0 Å². The standard InChI is InChI=1S/C6H15BN/c1-3-4-5-6-7-8-2/h8H,3-6H2,1-2H3. The van der Waals surface area contributed by atoms with E-state index in [2.05, 4.69) is 19.6 Å². The van der Waals surface area contributed by atoms with Gasteiger partial charge in [0.25, 0.3) is 0 Å². The third-order valence-electron chi connectivity index (χ3n) is 1.16. The summed E-state index contributed by atoms with van der Waals surface area (Å²) in [6.45, 7) is 2.22. The van der Waals surface area contributed by atoms with E-state index in [1.165, 1.54) is 25.6 Å². The fraction of sp³-hybridized carbons (Fsp3) is 1.00. The molecule has 0 aromatic rings. The molecule has 0 aliphatic rings. The summed E-state index contributed by atoms with van der Waals surface area (Å²) in [4.78, 5) is 0. The molecule has 0 fully saturated rings. The minimum atomic E-state index is 1.21. The van der Waals surface area contributed by atoms with Gasteiger partial charge >= 0.3 is 0 Å². The molecular weight excluding hydrogens is 96.9 g/mol. The second-order valence-electron chi connectivity index (χ2n) is 1.99. The molecule has 0 atom stereocenters. The molecule has 0 rings (SSSR count). The molecule has 2 heteroatoms. The van der Waals surface area contributed by atoms with Crippen molar-refractivity contribution in [2.24, 2.45) is 0 Å². The first kappa shape index (κ1) is 8.02. The normalized spacial score (nSPS) is 9.25. The van der Waals surface area contributed by atoms with Gasteiger partial charge in [0.2, 0.25) is 7.41 Å². The van der Waals surface area contributed by atoms with Crippen LogP contribution in [0.4, 0.5) is 0 Å². The van der Waals surface area contributed by atoms with Crippen molar-refractivity contribution >= 4 is 7.41 Å². The Hall–Kier alpha value is 0.0249. The Morgan fingerprint density at radius 2 is 2.12 bits per heavy atom. The Morgan fingerprint density at radius 1 is 1.38 bits per heavy atom. The van der Waals surface area contributed by atoms with E-state index in [4.69, 9.17) is 0 Å². The summed E-state index contributed by atoms with van der Waals surface area (Å²) in [5.41, 5.74) is 0. The zero-order valence-corrected chi connectivity index (χ0v) is 5.91. The SMILES string of the molecule is CCCCC[B]NC. The first-order chi connectivity index (χ1) is 3.91. The van der Waals surface area contributed by atoms with E-state index in [1.54, 1.807) is 0 Å². The van der Waals surface area contributed by atoms with Crippen molar-refractivity contribution in [1.82, 2.24) is 5.23 Å². The zero-order chi connectivity index (χ0) is 6.24. The molecule has 1 nitrogen and oxygen atoms in total. The van der Waals surface area contributed by atoms with E-state index in [1.807, 2.05) is 7.05 Å². The number of hydrogen-bond acceptors (Lipinski definition) is 1. The van der Waals surface area contributed by atoms with E-state index in [9.17, 15) is 0 Å². The van der Waals surface area contributed by atoms with Gasteiger partial charge in [-0.3, -0.25) is 0 Å². The van der Waals surface area contributed by atoms with Crippen LogP contribution in [0.2, 0.25) is 6.32 Å². The maximum atomic E-state index is 3.00. The molecule has 0 heterocycles. The predicted octanol–water partition coefficient (Wildman–Crippen LogP) is 1.43. The van der Waals surface area contributed by atoms with Crippen LogP contribution in [0.3, 0.4) is 0 Å². The van der Waals surface area contributed by atoms with Gasteiger partial charge in [-0.05, 0) is 7.05 Å². The average Bonchev–Trinajstić information content (AvgIpc) is 1.81. The van der Waals surface area contributed by atoms with Crippen molar-refractivity contribution in [2.75, 3.05) is 7.05 Å². The average molecular weight is 112 g/mol. The molecule has 0 unspecified atom stereocenters. The molecule has 0 aromatic carbocycles. The zero-order valence-electron chi connectivity index (χ0n) is 5.91. The Balaban J connectivity index is 2.53. The molecule has 0 aliphatic carbocycles. The van der Waals surface area contributed by atoms with Crippen LogP contribution in [-0.2, 0) is 0 Å². The van der Waals surface area contributed by atoms with Crippen molar-refractivity contribution in [2.45, 2.75) is 32.5 Å². The second-order valence-corrected chi connectivity index (χ2v) is 1.99. The molecule has 1 N–H and O–H groups in total. The highest BCUT2D eigenvalue weighted by Crippen LogP contribution is 1.96. The van der Waals surface area contributed by atoms with Gasteiger partial charge < -0.3 is 5.23 Å². The predicted molar refractivity (Wildman–Crippen MR) is 39.1 cm³/mol. The fourth-order valence-electron chi connectivity index (χ4n) is 0.641. The summed E-state index contributed by atoms with van der Waals surface area (Å²) in [5.74, 6) is 0. The maximum Gasteiger partial charge on any atom is 0.205 e. The van der Waals surface area contributed by atoms with Crippen molar-refractivity contribution in [3.63, 3.8) is 0 Å². The van der Waals surface area contributed by atoms with Gasteiger partial charge in [0.15, 0.2) is 0 Å². The van der Waals surface area contributed by atoms with E-state index in [0.29, 0.717) is 0 Å². The Morgan fingerprint density at radius 3 is 2.62 bits per heavy atom. The molecule has 8 heavy (non-hydrogen) atoms. The monoisotopic (exact) mass is 112 g/mol. The van der Waals surface area contributed by atoms with Gasteiger partial charge in [-0.2, -0.15) is 0 Å². The second kappa shape index (κ2) is 7.02. The van der Waals surface area contributed by atoms with E-state index >= 15 is 0 Å². The van der Waals surface area contributed by atoms with Crippen molar-refractivity contribution in [3.05, 3.63) is 0 Å². The molecule has 0 bridgehead atoms.